The average Bonchev–Trinajstić information content (AvgIpc) is 3.56. The standard InChI is InChI=1S/C25H30N8O/c1-2-31-7-5-20(6-8-31)33-17-19(14-29-33)21-15-27-25-24(21)30-22(16-28-25)18-3-4-23(26-13-18)32-9-11-34-12-10-32/h3-4,13-17,20H,2,5-12H2,1H3,(H,27,28). The smallest absolute Gasteiger partial charge is 0.156 e. The molecule has 4 aromatic rings. The molecule has 2 aliphatic heterocycles. The Kier molecular flexibility index (Phi) is 5.72. The molecule has 0 spiro atoms. The number of rotatable bonds is 5. The van der Waals surface area contributed by atoms with Crippen molar-refractivity contribution in [2.45, 2.75) is 25.8 Å². The molecule has 0 radical (unpaired) electrons. The van der Waals surface area contributed by atoms with Crippen LogP contribution in [0.5, 0.6) is 0 Å². The minimum absolute atomic E-state index is 0.458. The van der Waals surface area contributed by atoms with Gasteiger partial charge in [0.2, 0.25) is 0 Å². The molecule has 4 aromatic heterocycles. The Morgan fingerprint density at radius 1 is 1.00 bits per heavy atom. The number of ether oxygens (including phenoxy) is 1. The van der Waals surface area contributed by atoms with E-state index < -0.39 is 0 Å². The molecule has 0 amide bonds. The molecule has 9 nitrogen and oxygen atoms in total. The van der Waals surface area contributed by atoms with Gasteiger partial charge in [0.25, 0.3) is 0 Å². The maximum Gasteiger partial charge on any atom is 0.156 e. The highest BCUT2D eigenvalue weighted by Gasteiger charge is 2.21. The topological polar surface area (TPSA) is 88.0 Å². The Morgan fingerprint density at radius 2 is 1.85 bits per heavy atom. The number of fused-ring (bicyclic) bond motifs is 1. The Morgan fingerprint density at radius 3 is 2.62 bits per heavy atom. The molecule has 0 aliphatic carbocycles. The fourth-order valence-electron chi connectivity index (χ4n) is 4.94. The number of anilines is 1. The first-order chi connectivity index (χ1) is 16.8. The van der Waals surface area contributed by atoms with Crippen molar-refractivity contribution >= 4 is 17.0 Å². The molecule has 34 heavy (non-hydrogen) atoms. The van der Waals surface area contributed by atoms with Gasteiger partial charge in [0.15, 0.2) is 5.65 Å². The summed E-state index contributed by atoms with van der Waals surface area (Å²) in [7, 11) is 0. The third-order valence-corrected chi connectivity index (χ3v) is 7.05. The van der Waals surface area contributed by atoms with E-state index in [0.717, 1.165) is 98.1 Å². The number of nitrogens with zero attached hydrogens (tertiary/aromatic N) is 7. The lowest BCUT2D eigenvalue weighted by Crippen LogP contribution is -2.36. The first kappa shape index (κ1) is 21.2. The molecule has 176 valence electrons. The number of likely N-dealkylation sites (tertiary alicyclic amines) is 1. The molecule has 9 heteroatoms. The number of pyridine rings is 1. The van der Waals surface area contributed by atoms with Gasteiger partial charge in [-0.25, -0.2) is 15.0 Å². The molecule has 6 rings (SSSR count). The third-order valence-electron chi connectivity index (χ3n) is 7.05. The maximum atomic E-state index is 5.44. The van der Waals surface area contributed by atoms with E-state index in [1.807, 2.05) is 18.6 Å². The van der Waals surface area contributed by atoms with E-state index in [-0.39, 0.29) is 0 Å². The molecular weight excluding hydrogens is 428 g/mol. The van der Waals surface area contributed by atoms with Crippen LogP contribution in [0.1, 0.15) is 25.8 Å². The summed E-state index contributed by atoms with van der Waals surface area (Å²) in [5, 5.41) is 4.70. The second-order valence-electron chi connectivity index (χ2n) is 9.03. The summed E-state index contributed by atoms with van der Waals surface area (Å²) < 4.78 is 7.57. The zero-order valence-electron chi connectivity index (χ0n) is 19.5. The van der Waals surface area contributed by atoms with Crippen molar-refractivity contribution < 1.29 is 4.74 Å². The van der Waals surface area contributed by atoms with Gasteiger partial charge in [-0.05, 0) is 31.5 Å². The van der Waals surface area contributed by atoms with Crippen LogP contribution in [0.4, 0.5) is 5.82 Å². The van der Waals surface area contributed by atoms with Gasteiger partial charge in [0, 0.05) is 61.5 Å². The molecular formula is C25H30N8O. The highest BCUT2D eigenvalue weighted by Crippen LogP contribution is 2.30. The SMILES string of the molecule is CCN1CCC(n2cc(-c3c[nH]c4ncc(-c5ccc(N6CCOCC6)nc5)nc34)cn2)CC1. The highest BCUT2D eigenvalue weighted by atomic mass is 16.5. The van der Waals surface area contributed by atoms with Crippen molar-refractivity contribution in [1.29, 1.82) is 0 Å². The quantitative estimate of drug-likeness (QED) is 0.490. The Bertz CT molecular complexity index is 1250. The summed E-state index contributed by atoms with van der Waals surface area (Å²) in [6, 6.07) is 4.58. The molecule has 0 aromatic carbocycles. The molecule has 2 aliphatic rings. The second-order valence-corrected chi connectivity index (χ2v) is 9.03. The van der Waals surface area contributed by atoms with Crippen molar-refractivity contribution in [3.8, 4) is 22.4 Å². The van der Waals surface area contributed by atoms with Crippen LogP contribution in [-0.4, -0.2) is 80.6 Å². The lowest BCUT2D eigenvalue weighted by molar-refractivity contribution is 0.122. The predicted octanol–water partition coefficient (Wildman–Crippen LogP) is 3.38. The number of aromatic nitrogens is 6. The van der Waals surface area contributed by atoms with Gasteiger partial charge in [-0.15, -0.1) is 0 Å². The molecule has 0 unspecified atom stereocenters. The lowest BCUT2D eigenvalue weighted by Gasteiger charge is -2.31. The van der Waals surface area contributed by atoms with Crippen LogP contribution in [0, 0.1) is 0 Å². The molecule has 2 fully saturated rings. The van der Waals surface area contributed by atoms with E-state index in [9.17, 15) is 0 Å². The van der Waals surface area contributed by atoms with Crippen LogP contribution >= 0.6 is 0 Å². The first-order valence-corrected chi connectivity index (χ1v) is 12.2. The van der Waals surface area contributed by atoms with Crippen molar-refractivity contribution in [3.63, 3.8) is 0 Å². The summed E-state index contributed by atoms with van der Waals surface area (Å²) in [4.78, 5) is 22.3. The number of H-pyrrole nitrogens is 1. The third kappa shape index (κ3) is 4.05. The van der Waals surface area contributed by atoms with Gasteiger partial charge in [-0.1, -0.05) is 6.92 Å². The van der Waals surface area contributed by atoms with Crippen molar-refractivity contribution in [2.24, 2.45) is 0 Å². The fraction of sp³-hybridized carbons (Fsp3) is 0.440. The number of aromatic amines is 1. The van der Waals surface area contributed by atoms with Crippen LogP contribution in [0.3, 0.4) is 0 Å². The van der Waals surface area contributed by atoms with E-state index in [2.05, 4.69) is 54.7 Å². The minimum atomic E-state index is 0.458. The van der Waals surface area contributed by atoms with Crippen LogP contribution in [0.25, 0.3) is 33.5 Å². The summed E-state index contributed by atoms with van der Waals surface area (Å²) in [5.41, 5.74) is 5.50. The van der Waals surface area contributed by atoms with Gasteiger partial charge < -0.3 is 19.5 Å². The maximum absolute atomic E-state index is 5.44. The number of hydrogen-bond donors (Lipinski definition) is 1. The van der Waals surface area contributed by atoms with Crippen LogP contribution in [-0.2, 0) is 4.74 Å². The van der Waals surface area contributed by atoms with E-state index in [4.69, 9.17) is 14.8 Å². The number of piperidine rings is 1. The normalized spacial score (nSPS) is 18.1. The van der Waals surface area contributed by atoms with Crippen molar-refractivity contribution in [2.75, 3.05) is 50.8 Å². The molecule has 0 bridgehead atoms. The van der Waals surface area contributed by atoms with E-state index in [1.54, 1.807) is 6.20 Å². The number of nitrogens with one attached hydrogen (secondary N) is 1. The summed E-state index contributed by atoms with van der Waals surface area (Å²) >= 11 is 0. The van der Waals surface area contributed by atoms with Crippen molar-refractivity contribution in [1.82, 2.24) is 34.6 Å². The van der Waals surface area contributed by atoms with Gasteiger partial charge >= 0.3 is 0 Å². The lowest BCUT2D eigenvalue weighted by atomic mass is 10.1. The predicted molar refractivity (Wildman–Crippen MR) is 132 cm³/mol. The Labute approximate surface area is 198 Å². The van der Waals surface area contributed by atoms with Gasteiger partial charge in [-0.2, -0.15) is 5.10 Å². The highest BCUT2D eigenvalue weighted by molar-refractivity contribution is 5.91. The first-order valence-electron chi connectivity index (χ1n) is 12.2. The van der Waals surface area contributed by atoms with E-state index in [1.165, 1.54) is 0 Å². The van der Waals surface area contributed by atoms with E-state index >= 15 is 0 Å². The Hall–Kier alpha value is -3.30. The van der Waals surface area contributed by atoms with E-state index in [0.29, 0.717) is 6.04 Å². The largest absolute Gasteiger partial charge is 0.378 e. The average molecular weight is 459 g/mol. The molecule has 0 atom stereocenters. The van der Waals surface area contributed by atoms with Crippen molar-refractivity contribution in [3.05, 3.63) is 43.1 Å². The summed E-state index contributed by atoms with van der Waals surface area (Å²) in [6.07, 6.45) is 12.0. The summed E-state index contributed by atoms with van der Waals surface area (Å²) in [6.45, 7) is 8.86. The van der Waals surface area contributed by atoms with Gasteiger partial charge in [0.05, 0.1) is 37.3 Å². The van der Waals surface area contributed by atoms with Crippen LogP contribution < -0.4 is 4.90 Å². The fourth-order valence-corrected chi connectivity index (χ4v) is 4.94. The molecule has 0 saturated carbocycles. The van der Waals surface area contributed by atoms with Gasteiger partial charge in [0.1, 0.15) is 11.3 Å². The Balaban J connectivity index is 1.25. The zero-order chi connectivity index (χ0) is 22.9. The van der Waals surface area contributed by atoms with Crippen LogP contribution in [0.15, 0.2) is 43.1 Å². The van der Waals surface area contributed by atoms with Crippen LogP contribution in [0.2, 0.25) is 0 Å². The summed E-state index contributed by atoms with van der Waals surface area (Å²) in [5.74, 6) is 0.973. The number of hydrogen-bond acceptors (Lipinski definition) is 7. The second kappa shape index (κ2) is 9.15. The molecule has 6 heterocycles. The molecule has 1 N–H and O–H groups in total. The molecule has 2 saturated heterocycles. The minimum Gasteiger partial charge on any atom is -0.378 e. The zero-order valence-corrected chi connectivity index (χ0v) is 19.5. The number of morpholine rings is 1. The monoisotopic (exact) mass is 458 g/mol. The van der Waals surface area contributed by atoms with Gasteiger partial charge in [-0.3, -0.25) is 4.68 Å².